The maximum Gasteiger partial charge on any atom is 0.216 e. The van der Waals surface area contributed by atoms with Crippen molar-refractivity contribution in [2.45, 2.75) is 13.1 Å². The van der Waals surface area contributed by atoms with Gasteiger partial charge in [0.2, 0.25) is 5.82 Å². The van der Waals surface area contributed by atoms with E-state index in [1.165, 1.54) is 5.69 Å². The molecule has 0 fully saturated rings. The van der Waals surface area contributed by atoms with Gasteiger partial charge < -0.3 is 19.2 Å². The number of rotatable bonds is 5. The van der Waals surface area contributed by atoms with Crippen LogP contribution in [0.4, 0.5) is 0 Å². The van der Waals surface area contributed by atoms with E-state index in [1.807, 2.05) is 37.3 Å². The summed E-state index contributed by atoms with van der Waals surface area (Å²) < 4.78 is 8.44. The summed E-state index contributed by atoms with van der Waals surface area (Å²) in [4.78, 5) is 10.8. The number of aliphatic imine (C=N–C) groups is 1. The molecule has 0 aromatic carbocycles. The van der Waals surface area contributed by atoms with Gasteiger partial charge in [-0.05, 0) is 34.1 Å². The molecule has 0 saturated heterocycles. The molecule has 26 heavy (non-hydrogen) atoms. The molecule has 0 atom stereocenters. The van der Waals surface area contributed by atoms with E-state index in [4.69, 9.17) is 4.42 Å². The Hall–Kier alpha value is -1.82. The predicted octanol–water partition coefficient (Wildman–Crippen LogP) is 2.99. The van der Waals surface area contributed by atoms with E-state index in [1.54, 1.807) is 13.3 Å². The van der Waals surface area contributed by atoms with Gasteiger partial charge in [0.05, 0.1) is 19.4 Å². The van der Waals surface area contributed by atoms with Crippen LogP contribution in [0.15, 0.2) is 44.5 Å². The van der Waals surface area contributed by atoms with Crippen molar-refractivity contribution in [2.75, 3.05) is 14.1 Å². The molecule has 0 amide bonds. The zero-order valence-electron chi connectivity index (χ0n) is 14.7. The van der Waals surface area contributed by atoms with Gasteiger partial charge in [0.1, 0.15) is 5.82 Å². The quantitative estimate of drug-likeness (QED) is 0.299. The zero-order chi connectivity index (χ0) is 17.8. The van der Waals surface area contributed by atoms with Crippen LogP contribution in [-0.2, 0) is 20.1 Å². The number of nitrogens with zero attached hydrogens (tertiary/aromatic N) is 5. The fourth-order valence-corrected chi connectivity index (χ4v) is 3.05. The molecule has 3 rings (SSSR count). The number of aryl methyl sites for hydroxylation is 1. The monoisotopic (exact) mass is 533 g/mol. The molecule has 2 N–H and O–H groups in total. The van der Waals surface area contributed by atoms with Gasteiger partial charge in [0, 0.05) is 37.5 Å². The van der Waals surface area contributed by atoms with E-state index in [2.05, 4.69) is 52.1 Å². The normalized spacial score (nSPS) is 11.3. The Balaban J connectivity index is 0.00000243. The number of hydrogen-bond acceptors (Lipinski definition) is 4. The fraction of sp³-hybridized carbons (Fsp3) is 0.312. The van der Waals surface area contributed by atoms with Gasteiger partial charge in [-0.1, -0.05) is 0 Å². The number of aromatic amines is 1. The Labute approximate surface area is 177 Å². The van der Waals surface area contributed by atoms with Gasteiger partial charge in [-0.3, -0.25) is 10.1 Å². The van der Waals surface area contributed by atoms with Gasteiger partial charge in [0.25, 0.3) is 0 Å². The van der Waals surface area contributed by atoms with Crippen molar-refractivity contribution in [3.63, 3.8) is 0 Å². The second-order valence-corrected chi connectivity index (χ2v) is 6.52. The lowest BCUT2D eigenvalue weighted by molar-refractivity contribution is 0.460. The van der Waals surface area contributed by atoms with Crippen molar-refractivity contribution in [1.82, 2.24) is 30.0 Å². The third-order valence-corrected chi connectivity index (χ3v) is 4.17. The minimum Gasteiger partial charge on any atom is -0.461 e. The minimum absolute atomic E-state index is 0. The summed E-state index contributed by atoms with van der Waals surface area (Å²) in [5, 5.41) is 10.3. The molecule has 3 heterocycles. The van der Waals surface area contributed by atoms with Gasteiger partial charge in [0.15, 0.2) is 11.7 Å². The van der Waals surface area contributed by atoms with Crippen LogP contribution < -0.4 is 5.32 Å². The standard InChI is InChI=1S/C16H20BrN7O.HI/c1-18-16(24(3)10-12-7-11(17)9-23(12)2)19-8-14-20-15(22-21-14)13-5-4-6-25-13;/h4-7,9H,8,10H2,1-3H3,(H,18,19)(H,20,21,22);1H. The van der Waals surface area contributed by atoms with Crippen molar-refractivity contribution in [2.24, 2.45) is 12.0 Å². The second-order valence-electron chi connectivity index (χ2n) is 5.60. The fourth-order valence-electron chi connectivity index (χ4n) is 2.48. The van der Waals surface area contributed by atoms with Gasteiger partial charge in [-0.2, -0.15) is 0 Å². The van der Waals surface area contributed by atoms with Crippen molar-refractivity contribution < 1.29 is 4.42 Å². The first kappa shape index (κ1) is 20.5. The van der Waals surface area contributed by atoms with Gasteiger partial charge >= 0.3 is 0 Å². The zero-order valence-corrected chi connectivity index (χ0v) is 18.6. The first-order chi connectivity index (χ1) is 12.1. The van der Waals surface area contributed by atoms with Crippen LogP contribution in [0.2, 0.25) is 0 Å². The SMILES string of the molecule is CN=C(NCc1nc(-c2ccco2)n[nH]1)N(C)Cc1cc(Br)cn1C.I. The van der Waals surface area contributed by atoms with Crippen LogP contribution in [0.3, 0.4) is 0 Å². The van der Waals surface area contributed by atoms with E-state index in [-0.39, 0.29) is 24.0 Å². The first-order valence-electron chi connectivity index (χ1n) is 7.74. The molecule has 0 saturated carbocycles. The number of guanidine groups is 1. The van der Waals surface area contributed by atoms with Crippen molar-refractivity contribution in [3.05, 3.63) is 46.7 Å². The number of hydrogen-bond donors (Lipinski definition) is 2. The van der Waals surface area contributed by atoms with Crippen LogP contribution in [0.5, 0.6) is 0 Å². The van der Waals surface area contributed by atoms with E-state index in [0.29, 0.717) is 24.0 Å². The highest BCUT2D eigenvalue weighted by Gasteiger charge is 2.12. The molecular formula is C16H21BrIN7O. The maximum absolute atomic E-state index is 5.29. The van der Waals surface area contributed by atoms with Crippen molar-refractivity contribution >= 4 is 45.9 Å². The highest BCUT2D eigenvalue weighted by atomic mass is 127. The summed E-state index contributed by atoms with van der Waals surface area (Å²) >= 11 is 3.49. The van der Waals surface area contributed by atoms with E-state index in [0.717, 1.165) is 17.0 Å². The van der Waals surface area contributed by atoms with E-state index >= 15 is 0 Å². The molecule has 0 spiro atoms. The lowest BCUT2D eigenvalue weighted by atomic mass is 10.4. The third kappa shape index (κ3) is 4.87. The van der Waals surface area contributed by atoms with Crippen molar-refractivity contribution in [3.8, 4) is 11.6 Å². The largest absolute Gasteiger partial charge is 0.461 e. The molecule has 0 bridgehead atoms. The summed E-state index contributed by atoms with van der Waals surface area (Å²) in [5.74, 6) is 2.66. The Morgan fingerprint density at radius 2 is 2.31 bits per heavy atom. The Morgan fingerprint density at radius 1 is 1.50 bits per heavy atom. The van der Waals surface area contributed by atoms with Crippen LogP contribution >= 0.6 is 39.9 Å². The molecule has 0 aliphatic heterocycles. The van der Waals surface area contributed by atoms with Crippen LogP contribution in [0.1, 0.15) is 11.5 Å². The highest BCUT2D eigenvalue weighted by molar-refractivity contribution is 14.0. The lowest BCUT2D eigenvalue weighted by Gasteiger charge is -2.22. The number of nitrogens with one attached hydrogen (secondary N) is 2. The van der Waals surface area contributed by atoms with E-state index in [9.17, 15) is 0 Å². The number of aromatic nitrogens is 4. The van der Waals surface area contributed by atoms with Crippen LogP contribution in [0.25, 0.3) is 11.6 Å². The third-order valence-electron chi connectivity index (χ3n) is 3.73. The number of H-pyrrole nitrogens is 1. The predicted molar refractivity (Wildman–Crippen MR) is 114 cm³/mol. The highest BCUT2D eigenvalue weighted by Crippen LogP contribution is 2.15. The first-order valence-corrected chi connectivity index (χ1v) is 8.54. The summed E-state index contributed by atoms with van der Waals surface area (Å²) in [6.45, 7) is 1.22. The molecule has 3 aromatic heterocycles. The average molecular weight is 534 g/mol. The number of furan rings is 1. The summed E-state index contributed by atoms with van der Waals surface area (Å²) in [5.41, 5.74) is 1.18. The summed E-state index contributed by atoms with van der Waals surface area (Å²) in [7, 11) is 5.77. The molecular weight excluding hydrogens is 513 g/mol. The average Bonchev–Trinajstić information content (AvgIpc) is 3.30. The molecule has 0 aliphatic rings. The molecule has 3 aromatic rings. The second kappa shape index (κ2) is 9.21. The van der Waals surface area contributed by atoms with Gasteiger partial charge in [-0.15, -0.1) is 29.1 Å². The molecule has 0 radical (unpaired) electrons. The number of halogens is 2. The smallest absolute Gasteiger partial charge is 0.216 e. The molecule has 140 valence electrons. The van der Waals surface area contributed by atoms with Crippen LogP contribution in [-0.4, -0.2) is 44.7 Å². The minimum atomic E-state index is 0. The summed E-state index contributed by atoms with van der Waals surface area (Å²) in [6.07, 6.45) is 3.63. The van der Waals surface area contributed by atoms with E-state index < -0.39 is 0 Å². The Kier molecular flexibility index (Phi) is 7.26. The Bertz CT molecular complexity index is 856. The Morgan fingerprint density at radius 3 is 2.92 bits per heavy atom. The molecule has 8 nitrogen and oxygen atoms in total. The topological polar surface area (TPSA) is 87.3 Å². The summed E-state index contributed by atoms with van der Waals surface area (Å²) in [6, 6.07) is 5.73. The lowest BCUT2D eigenvalue weighted by Crippen LogP contribution is -2.38. The van der Waals surface area contributed by atoms with Crippen molar-refractivity contribution in [1.29, 1.82) is 0 Å². The van der Waals surface area contributed by atoms with Gasteiger partial charge in [-0.25, -0.2) is 4.98 Å². The molecule has 10 heteroatoms. The van der Waals surface area contributed by atoms with Crippen LogP contribution in [0, 0.1) is 0 Å². The molecule has 0 unspecified atom stereocenters. The maximum atomic E-state index is 5.29. The molecule has 0 aliphatic carbocycles.